The van der Waals surface area contributed by atoms with Gasteiger partial charge < -0.3 is 10.6 Å². The van der Waals surface area contributed by atoms with Gasteiger partial charge in [-0.25, -0.2) is 4.98 Å². The van der Waals surface area contributed by atoms with E-state index in [4.69, 9.17) is 11.0 Å². The van der Waals surface area contributed by atoms with Gasteiger partial charge in [0.05, 0.1) is 11.6 Å². The Hall–Kier alpha value is -3.39. The molecule has 2 aromatic carbocycles. The summed E-state index contributed by atoms with van der Waals surface area (Å²) < 4.78 is 0. The lowest BCUT2D eigenvalue weighted by Crippen LogP contribution is -2.16. The third-order valence-electron chi connectivity index (χ3n) is 3.81. The van der Waals surface area contributed by atoms with Crippen molar-refractivity contribution in [3.63, 3.8) is 0 Å². The van der Waals surface area contributed by atoms with Crippen LogP contribution in [0, 0.1) is 11.3 Å². The molecule has 2 N–H and O–H groups in total. The first-order valence-electron chi connectivity index (χ1n) is 7.54. The van der Waals surface area contributed by atoms with E-state index < -0.39 is 0 Å². The number of rotatable bonds is 4. The summed E-state index contributed by atoms with van der Waals surface area (Å²) in [6, 6.07) is 17.8. The van der Waals surface area contributed by atoms with E-state index in [0.29, 0.717) is 17.1 Å². The highest BCUT2D eigenvalue weighted by molar-refractivity contribution is 5.69. The second kappa shape index (κ2) is 6.80. The van der Waals surface area contributed by atoms with Crippen LogP contribution in [0.15, 0.2) is 60.9 Å². The Kier molecular flexibility index (Phi) is 4.39. The number of nitrogens with two attached hydrogens (primary N) is 1. The van der Waals surface area contributed by atoms with Crippen molar-refractivity contribution in [2.24, 2.45) is 0 Å². The predicted molar refractivity (Wildman–Crippen MR) is 95.1 cm³/mol. The zero-order chi connectivity index (χ0) is 16.9. The molecule has 0 aliphatic rings. The van der Waals surface area contributed by atoms with Crippen molar-refractivity contribution in [1.29, 1.82) is 5.26 Å². The number of hydrogen-bond acceptors (Lipinski definition) is 5. The molecule has 0 radical (unpaired) electrons. The lowest BCUT2D eigenvalue weighted by Gasteiger charge is -2.19. The Balaban J connectivity index is 1.74. The smallest absolute Gasteiger partial charge is 0.149 e. The van der Waals surface area contributed by atoms with Crippen LogP contribution in [0.5, 0.6) is 0 Å². The van der Waals surface area contributed by atoms with E-state index in [-0.39, 0.29) is 0 Å². The summed E-state index contributed by atoms with van der Waals surface area (Å²) in [5, 5.41) is 8.86. The monoisotopic (exact) mass is 315 g/mol. The van der Waals surface area contributed by atoms with Crippen molar-refractivity contribution >= 4 is 11.5 Å². The van der Waals surface area contributed by atoms with E-state index >= 15 is 0 Å². The zero-order valence-corrected chi connectivity index (χ0v) is 13.3. The number of aromatic nitrogens is 2. The SMILES string of the molecule is CN(Cc1ccc(-c2nccnc2N)cc1)c1ccc(C#N)cc1. The molecule has 0 amide bonds. The van der Waals surface area contributed by atoms with Crippen molar-refractivity contribution < 1.29 is 0 Å². The first kappa shape index (κ1) is 15.5. The molecule has 1 aromatic heterocycles. The van der Waals surface area contributed by atoms with E-state index in [9.17, 15) is 0 Å². The maximum atomic E-state index is 8.86. The topological polar surface area (TPSA) is 78.8 Å². The van der Waals surface area contributed by atoms with Crippen LogP contribution in [-0.4, -0.2) is 17.0 Å². The average Bonchev–Trinajstić information content (AvgIpc) is 2.63. The summed E-state index contributed by atoms with van der Waals surface area (Å²) in [5.74, 6) is 0.431. The summed E-state index contributed by atoms with van der Waals surface area (Å²) in [4.78, 5) is 10.5. The lowest BCUT2D eigenvalue weighted by molar-refractivity contribution is 0.923. The molecule has 0 aliphatic heterocycles. The van der Waals surface area contributed by atoms with Gasteiger partial charge in [0, 0.05) is 37.2 Å². The van der Waals surface area contributed by atoms with E-state index in [2.05, 4.69) is 33.1 Å². The molecule has 5 nitrogen and oxygen atoms in total. The molecule has 0 unspecified atom stereocenters. The van der Waals surface area contributed by atoms with Gasteiger partial charge in [0.2, 0.25) is 0 Å². The van der Waals surface area contributed by atoms with Crippen LogP contribution < -0.4 is 10.6 Å². The first-order chi connectivity index (χ1) is 11.7. The number of nitrogens with zero attached hydrogens (tertiary/aromatic N) is 4. The summed E-state index contributed by atoms with van der Waals surface area (Å²) in [6.45, 7) is 0.766. The summed E-state index contributed by atoms with van der Waals surface area (Å²) in [6.07, 6.45) is 3.22. The fourth-order valence-electron chi connectivity index (χ4n) is 2.49. The minimum absolute atomic E-state index is 0.431. The van der Waals surface area contributed by atoms with Gasteiger partial charge in [0.25, 0.3) is 0 Å². The normalized spacial score (nSPS) is 10.2. The highest BCUT2D eigenvalue weighted by atomic mass is 15.1. The highest BCUT2D eigenvalue weighted by Gasteiger charge is 2.06. The molecular formula is C19H17N5. The van der Waals surface area contributed by atoms with Gasteiger partial charge >= 0.3 is 0 Å². The third kappa shape index (κ3) is 3.33. The van der Waals surface area contributed by atoms with Crippen molar-refractivity contribution in [2.45, 2.75) is 6.54 Å². The molecule has 0 saturated heterocycles. The van der Waals surface area contributed by atoms with Crippen molar-refractivity contribution in [3.8, 4) is 17.3 Å². The van der Waals surface area contributed by atoms with E-state index in [1.807, 2.05) is 43.4 Å². The molecule has 118 valence electrons. The minimum atomic E-state index is 0.431. The summed E-state index contributed by atoms with van der Waals surface area (Å²) in [7, 11) is 2.02. The Morgan fingerprint density at radius 2 is 1.67 bits per heavy atom. The van der Waals surface area contributed by atoms with Crippen molar-refractivity contribution in [1.82, 2.24) is 9.97 Å². The molecule has 1 heterocycles. The van der Waals surface area contributed by atoms with E-state index in [1.54, 1.807) is 12.4 Å². The molecule has 0 bridgehead atoms. The van der Waals surface area contributed by atoms with Gasteiger partial charge in [-0.05, 0) is 29.8 Å². The van der Waals surface area contributed by atoms with Gasteiger partial charge in [-0.2, -0.15) is 5.26 Å². The Morgan fingerprint density at radius 3 is 2.29 bits per heavy atom. The van der Waals surface area contributed by atoms with Crippen LogP contribution in [0.3, 0.4) is 0 Å². The zero-order valence-electron chi connectivity index (χ0n) is 13.3. The van der Waals surface area contributed by atoms with E-state index in [1.165, 1.54) is 5.56 Å². The Labute approximate surface area is 141 Å². The third-order valence-corrected chi connectivity index (χ3v) is 3.81. The van der Waals surface area contributed by atoms with Crippen LogP contribution in [0.1, 0.15) is 11.1 Å². The largest absolute Gasteiger partial charge is 0.382 e. The van der Waals surface area contributed by atoms with Crippen LogP contribution in [-0.2, 0) is 6.54 Å². The van der Waals surface area contributed by atoms with Gasteiger partial charge in [-0.1, -0.05) is 24.3 Å². The molecule has 24 heavy (non-hydrogen) atoms. The second-order valence-corrected chi connectivity index (χ2v) is 5.50. The first-order valence-corrected chi connectivity index (χ1v) is 7.54. The number of nitrogen functional groups attached to an aromatic ring is 1. The van der Waals surface area contributed by atoms with Crippen LogP contribution in [0.25, 0.3) is 11.3 Å². The molecule has 3 rings (SSSR count). The van der Waals surface area contributed by atoms with E-state index in [0.717, 1.165) is 17.8 Å². The molecule has 0 spiro atoms. The maximum Gasteiger partial charge on any atom is 0.149 e. The molecule has 0 fully saturated rings. The number of hydrogen-bond donors (Lipinski definition) is 1. The quantitative estimate of drug-likeness (QED) is 0.799. The lowest BCUT2D eigenvalue weighted by atomic mass is 10.1. The van der Waals surface area contributed by atoms with Gasteiger partial charge in [0.1, 0.15) is 11.5 Å². The molecule has 0 atom stereocenters. The molecular weight excluding hydrogens is 298 g/mol. The highest BCUT2D eigenvalue weighted by Crippen LogP contribution is 2.22. The Bertz CT molecular complexity index is 864. The standard InChI is InChI=1S/C19H17N5/c1-24(17-8-4-14(12-20)5-9-17)13-15-2-6-16(7-3-15)18-19(21)23-11-10-22-18/h2-11H,13H2,1H3,(H2,21,23). The molecule has 5 heteroatoms. The number of nitriles is 1. The van der Waals surface area contributed by atoms with Gasteiger partial charge in [-0.15, -0.1) is 0 Å². The number of benzene rings is 2. The fraction of sp³-hybridized carbons (Fsp3) is 0.105. The molecule has 0 saturated carbocycles. The average molecular weight is 315 g/mol. The number of anilines is 2. The van der Waals surface area contributed by atoms with Crippen LogP contribution >= 0.6 is 0 Å². The Morgan fingerprint density at radius 1 is 1.00 bits per heavy atom. The second-order valence-electron chi connectivity index (χ2n) is 5.50. The van der Waals surface area contributed by atoms with Gasteiger partial charge in [0.15, 0.2) is 0 Å². The van der Waals surface area contributed by atoms with Crippen molar-refractivity contribution in [2.75, 3.05) is 17.7 Å². The predicted octanol–water partition coefficient (Wildman–Crippen LogP) is 3.23. The van der Waals surface area contributed by atoms with Gasteiger partial charge in [-0.3, -0.25) is 4.98 Å². The van der Waals surface area contributed by atoms with Crippen LogP contribution in [0.4, 0.5) is 11.5 Å². The minimum Gasteiger partial charge on any atom is -0.382 e. The summed E-state index contributed by atoms with van der Waals surface area (Å²) >= 11 is 0. The maximum absolute atomic E-state index is 8.86. The molecule has 0 aliphatic carbocycles. The van der Waals surface area contributed by atoms with Crippen LogP contribution in [0.2, 0.25) is 0 Å². The molecule has 3 aromatic rings. The fourth-order valence-corrected chi connectivity index (χ4v) is 2.49. The summed E-state index contributed by atoms with van der Waals surface area (Å²) in [5.41, 5.74) is 10.4. The van der Waals surface area contributed by atoms with Crippen molar-refractivity contribution in [3.05, 3.63) is 72.1 Å².